The summed E-state index contributed by atoms with van der Waals surface area (Å²) in [6.07, 6.45) is 0.589. The molecule has 0 bridgehead atoms. The van der Waals surface area contributed by atoms with Gasteiger partial charge < -0.3 is 15.7 Å². The van der Waals surface area contributed by atoms with Crippen LogP contribution in [0, 0.1) is 5.92 Å². The van der Waals surface area contributed by atoms with Crippen molar-refractivity contribution < 1.29 is 9.90 Å². The van der Waals surface area contributed by atoms with Crippen LogP contribution in [0.15, 0.2) is 77.6 Å². The smallest absolute Gasteiger partial charge is 0.261 e. The number of carbonyl (C=O) groups excluding carboxylic acids is 1. The predicted molar refractivity (Wildman–Crippen MR) is 151 cm³/mol. The Morgan fingerprint density at radius 1 is 1.05 bits per heavy atom. The molecule has 3 aromatic carbocycles. The Morgan fingerprint density at radius 3 is 2.39 bits per heavy atom. The highest BCUT2D eigenvalue weighted by atomic mass is 35.5. The fourth-order valence-corrected chi connectivity index (χ4v) is 4.87. The zero-order valence-electron chi connectivity index (χ0n) is 21.7. The molecule has 38 heavy (non-hydrogen) atoms. The van der Waals surface area contributed by atoms with Gasteiger partial charge in [-0.1, -0.05) is 67.9 Å². The zero-order valence-corrected chi connectivity index (χ0v) is 22.4. The maximum atomic E-state index is 13.9. The van der Waals surface area contributed by atoms with Gasteiger partial charge in [0.25, 0.3) is 11.5 Å². The third-order valence-electron chi connectivity index (χ3n) is 6.61. The second-order valence-corrected chi connectivity index (χ2v) is 10.1. The topological polar surface area (TPSA) is 101 Å². The fraction of sp³-hybridized carbons (Fsp3) is 0.300. The van der Waals surface area contributed by atoms with Crippen LogP contribution in [0.25, 0.3) is 10.9 Å². The molecule has 1 aromatic heterocycles. The van der Waals surface area contributed by atoms with Gasteiger partial charge in [0.1, 0.15) is 5.82 Å². The largest absolute Gasteiger partial charge is 0.392 e. The van der Waals surface area contributed by atoms with E-state index in [9.17, 15) is 14.7 Å². The van der Waals surface area contributed by atoms with E-state index < -0.39 is 6.04 Å². The molecule has 7 nitrogen and oxygen atoms in total. The van der Waals surface area contributed by atoms with Crippen LogP contribution in [0.4, 0.5) is 0 Å². The first-order chi connectivity index (χ1) is 18.3. The van der Waals surface area contributed by atoms with E-state index in [4.69, 9.17) is 22.3 Å². The number of benzene rings is 3. The lowest BCUT2D eigenvalue weighted by atomic mass is 9.98. The Morgan fingerprint density at radius 2 is 1.76 bits per heavy atom. The Balaban J connectivity index is 1.91. The molecular formula is C30H33ClN4O3. The number of aliphatic hydroxyl groups excluding tert-OH is 1. The highest BCUT2D eigenvalue weighted by molar-refractivity contribution is 6.31. The molecule has 0 aliphatic carbocycles. The fourth-order valence-electron chi connectivity index (χ4n) is 4.70. The Kier molecular flexibility index (Phi) is 8.94. The lowest BCUT2D eigenvalue weighted by molar-refractivity contribution is 0.0602. The lowest BCUT2D eigenvalue weighted by Gasteiger charge is -2.35. The van der Waals surface area contributed by atoms with Crippen LogP contribution in [0.3, 0.4) is 0 Å². The van der Waals surface area contributed by atoms with Gasteiger partial charge in [0.15, 0.2) is 0 Å². The van der Waals surface area contributed by atoms with Gasteiger partial charge in [-0.3, -0.25) is 14.2 Å². The van der Waals surface area contributed by atoms with Gasteiger partial charge in [0, 0.05) is 17.1 Å². The second-order valence-electron chi connectivity index (χ2n) is 9.69. The molecule has 4 rings (SSSR count). The van der Waals surface area contributed by atoms with E-state index in [0.717, 1.165) is 11.1 Å². The Labute approximate surface area is 227 Å². The number of aliphatic hydroxyl groups is 1. The molecule has 1 unspecified atom stereocenters. The van der Waals surface area contributed by atoms with E-state index in [1.807, 2.05) is 44.2 Å². The van der Waals surface area contributed by atoms with Gasteiger partial charge >= 0.3 is 0 Å². The molecule has 0 aliphatic heterocycles. The molecule has 3 N–H and O–H groups in total. The van der Waals surface area contributed by atoms with Gasteiger partial charge in [0.05, 0.1) is 30.1 Å². The number of nitrogens with zero attached hydrogens (tertiary/aromatic N) is 3. The van der Waals surface area contributed by atoms with E-state index in [0.29, 0.717) is 53.4 Å². The molecule has 0 radical (unpaired) electrons. The second kappa shape index (κ2) is 12.3. The number of halogens is 1. The van der Waals surface area contributed by atoms with Crippen molar-refractivity contribution >= 4 is 28.4 Å². The molecule has 1 atom stereocenters. The molecule has 0 aliphatic rings. The summed E-state index contributed by atoms with van der Waals surface area (Å²) in [5.74, 6) is 0.244. The van der Waals surface area contributed by atoms with Crippen LogP contribution in [0.1, 0.15) is 53.6 Å². The van der Waals surface area contributed by atoms with E-state index in [-0.39, 0.29) is 24.0 Å². The van der Waals surface area contributed by atoms with Crippen molar-refractivity contribution in [3.8, 4) is 0 Å². The Bertz CT molecular complexity index is 1450. The average Bonchev–Trinajstić information content (AvgIpc) is 2.92. The normalized spacial score (nSPS) is 12.2. The number of hydrogen-bond acceptors (Lipinski definition) is 5. The SMILES string of the molecule is CC(C)C(c1nc2cc(Cl)ccc2c(=O)n1Cc1ccccc1)N(CCCN)C(=O)c1ccc(CO)cc1. The van der Waals surface area contributed by atoms with Crippen molar-refractivity contribution in [3.05, 3.63) is 111 Å². The zero-order chi connectivity index (χ0) is 27.2. The van der Waals surface area contributed by atoms with Gasteiger partial charge in [-0.2, -0.15) is 0 Å². The monoisotopic (exact) mass is 532 g/mol. The summed E-state index contributed by atoms with van der Waals surface area (Å²) in [4.78, 5) is 34.5. The Hall–Kier alpha value is -3.52. The molecule has 1 heterocycles. The van der Waals surface area contributed by atoms with Crippen LogP contribution in [0.5, 0.6) is 0 Å². The summed E-state index contributed by atoms with van der Waals surface area (Å²) in [6.45, 7) is 5.06. The first-order valence-corrected chi connectivity index (χ1v) is 13.2. The number of nitrogens with two attached hydrogens (primary N) is 1. The first-order valence-electron chi connectivity index (χ1n) is 12.8. The number of hydrogen-bond donors (Lipinski definition) is 2. The summed E-state index contributed by atoms with van der Waals surface area (Å²) in [7, 11) is 0. The van der Waals surface area contributed by atoms with Crippen molar-refractivity contribution in [1.82, 2.24) is 14.5 Å². The van der Waals surface area contributed by atoms with Crippen molar-refractivity contribution in [2.24, 2.45) is 11.7 Å². The number of amides is 1. The molecular weight excluding hydrogens is 500 g/mol. The standard InChI is InChI=1S/C30H33ClN4O3/c1-20(2)27(34(16-6-15-32)29(37)23-11-9-22(19-36)10-12-23)28-33-26-17-24(31)13-14-25(26)30(38)35(28)18-21-7-4-3-5-8-21/h3-5,7-14,17,20,27,36H,6,15-16,18-19,32H2,1-2H3. The van der Waals surface area contributed by atoms with Gasteiger partial charge in [-0.15, -0.1) is 0 Å². The predicted octanol–water partition coefficient (Wildman–Crippen LogP) is 4.78. The van der Waals surface area contributed by atoms with Crippen molar-refractivity contribution in [2.75, 3.05) is 13.1 Å². The third-order valence-corrected chi connectivity index (χ3v) is 6.84. The van der Waals surface area contributed by atoms with E-state index in [1.165, 1.54) is 0 Å². The summed E-state index contributed by atoms with van der Waals surface area (Å²) in [5, 5.41) is 10.4. The quantitative estimate of drug-likeness (QED) is 0.306. The minimum Gasteiger partial charge on any atom is -0.392 e. The van der Waals surface area contributed by atoms with E-state index in [2.05, 4.69) is 0 Å². The van der Waals surface area contributed by atoms with Gasteiger partial charge in [-0.25, -0.2) is 4.98 Å². The lowest BCUT2D eigenvalue weighted by Crippen LogP contribution is -2.42. The summed E-state index contributed by atoms with van der Waals surface area (Å²) >= 11 is 6.28. The molecule has 1 amide bonds. The van der Waals surface area contributed by atoms with Crippen LogP contribution >= 0.6 is 11.6 Å². The van der Waals surface area contributed by atoms with Crippen LogP contribution in [0.2, 0.25) is 5.02 Å². The molecule has 0 saturated carbocycles. The average molecular weight is 533 g/mol. The minimum absolute atomic E-state index is 0.0704. The molecule has 0 saturated heterocycles. The van der Waals surface area contributed by atoms with Crippen molar-refractivity contribution in [3.63, 3.8) is 0 Å². The highest BCUT2D eigenvalue weighted by Crippen LogP contribution is 2.31. The molecule has 8 heteroatoms. The first kappa shape index (κ1) is 27.5. The third kappa shape index (κ3) is 5.96. The molecule has 0 spiro atoms. The van der Waals surface area contributed by atoms with E-state index in [1.54, 1.807) is 51.9 Å². The number of fused-ring (bicyclic) bond motifs is 1. The number of aromatic nitrogens is 2. The highest BCUT2D eigenvalue weighted by Gasteiger charge is 2.32. The molecule has 4 aromatic rings. The maximum absolute atomic E-state index is 13.9. The summed E-state index contributed by atoms with van der Waals surface area (Å²) < 4.78 is 1.67. The number of rotatable bonds is 10. The van der Waals surface area contributed by atoms with Gasteiger partial charge in [0.2, 0.25) is 0 Å². The molecule has 0 fully saturated rings. The minimum atomic E-state index is -0.508. The molecule has 198 valence electrons. The maximum Gasteiger partial charge on any atom is 0.261 e. The van der Waals surface area contributed by atoms with Crippen LogP contribution < -0.4 is 11.3 Å². The van der Waals surface area contributed by atoms with Gasteiger partial charge in [-0.05, 0) is 60.3 Å². The van der Waals surface area contributed by atoms with E-state index >= 15 is 0 Å². The number of carbonyl (C=O) groups is 1. The summed E-state index contributed by atoms with van der Waals surface area (Å²) in [5.41, 5.74) is 8.34. The van der Waals surface area contributed by atoms with Crippen LogP contribution in [-0.2, 0) is 13.2 Å². The van der Waals surface area contributed by atoms with Crippen molar-refractivity contribution in [2.45, 2.75) is 39.5 Å². The summed E-state index contributed by atoms with van der Waals surface area (Å²) in [6, 6.07) is 21.2. The van der Waals surface area contributed by atoms with Crippen molar-refractivity contribution in [1.29, 1.82) is 0 Å². The van der Waals surface area contributed by atoms with Crippen LogP contribution in [-0.4, -0.2) is 38.6 Å².